The predicted molar refractivity (Wildman–Crippen MR) is 102 cm³/mol. The minimum atomic E-state index is 0.719. The van der Waals surface area contributed by atoms with Gasteiger partial charge in [-0.15, -0.1) is 0 Å². The molecule has 116 valence electrons. The average Bonchev–Trinajstić information content (AvgIpc) is 2.64. The highest BCUT2D eigenvalue weighted by molar-refractivity contribution is 6.30. The number of aromatic nitrogens is 1. The zero-order chi connectivity index (χ0) is 16.4. The van der Waals surface area contributed by atoms with Gasteiger partial charge in [0.05, 0.1) is 5.69 Å². The van der Waals surface area contributed by atoms with Gasteiger partial charge in [-0.2, -0.15) is 0 Å². The summed E-state index contributed by atoms with van der Waals surface area (Å²) in [5.74, 6) is 0.842. The summed E-state index contributed by atoms with van der Waals surface area (Å²) in [6.07, 6.45) is 0. The molecule has 0 aliphatic heterocycles. The van der Waals surface area contributed by atoms with Crippen LogP contribution in [-0.4, -0.2) is 4.98 Å². The molecule has 1 heterocycles. The molecule has 0 unspecified atom stereocenters. The molecule has 3 heteroatoms. The first-order valence-corrected chi connectivity index (χ1v) is 8.15. The number of rotatable bonds is 3. The summed E-state index contributed by atoms with van der Waals surface area (Å²) >= 11 is 5.97. The average molecular weight is 331 g/mol. The van der Waals surface area contributed by atoms with Crippen LogP contribution in [-0.2, 0) is 0 Å². The van der Waals surface area contributed by atoms with Crippen molar-refractivity contribution in [1.82, 2.24) is 4.98 Å². The number of fused-ring (bicyclic) bond motifs is 1. The molecule has 0 fully saturated rings. The third kappa shape index (κ3) is 2.97. The van der Waals surface area contributed by atoms with Gasteiger partial charge in [-0.1, -0.05) is 66.2 Å². The quantitative estimate of drug-likeness (QED) is 0.477. The van der Waals surface area contributed by atoms with Crippen molar-refractivity contribution in [3.05, 3.63) is 90.0 Å². The molecule has 4 aromatic rings. The van der Waals surface area contributed by atoms with Gasteiger partial charge in [0.15, 0.2) is 0 Å². The highest BCUT2D eigenvalue weighted by Gasteiger charge is 2.08. The molecule has 0 saturated heterocycles. The zero-order valence-electron chi connectivity index (χ0n) is 12.9. The molecule has 0 amide bonds. The van der Waals surface area contributed by atoms with Gasteiger partial charge in [-0.3, -0.25) is 0 Å². The van der Waals surface area contributed by atoms with E-state index in [-0.39, 0.29) is 0 Å². The van der Waals surface area contributed by atoms with Crippen LogP contribution >= 0.6 is 11.6 Å². The summed E-state index contributed by atoms with van der Waals surface area (Å²) in [5.41, 5.74) is 3.01. The second kappa shape index (κ2) is 6.34. The smallest absolute Gasteiger partial charge is 0.138 e. The lowest BCUT2D eigenvalue weighted by atomic mass is 10.1. The van der Waals surface area contributed by atoms with Crippen LogP contribution in [0.2, 0.25) is 5.02 Å². The van der Waals surface area contributed by atoms with E-state index in [9.17, 15) is 0 Å². The molecular weight excluding hydrogens is 316 g/mol. The zero-order valence-corrected chi connectivity index (χ0v) is 13.7. The van der Waals surface area contributed by atoms with Crippen LogP contribution in [0.4, 0.5) is 11.5 Å². The van der Waals surface area contributed by atoms with Crippen LogP contribution in [0.15, 0.2) is 84.9 Å². The van der Waals surface area contributed by atoms with Crippen molar-refractivity contribution in [1.29, 1.82) is 0 Å². The maximum absolute atomic E-state index is 5.97. The molecule has 24 heavy (non-hydrogen) atoms. The van der Waals surface area contributed by atoms with Crippen molar-refractivity contribution in [2.24, 2.45) is 0 Å². The van der Waals surface area contributed by atoms with Crippen LogP contribution < -0.4 is 5.32 Å². The molecule has 3 aromatic carbocycles. The van der Waals surface area contributed by atoms with E-state index >= 15 is 0 Å². The van der Waals surface area contributed by atoms with Crippen LogP contribution in [0.3, 0.4) is 0 Å². The van der Waals surface area contributed by atoms with E-state index in [2.05, 4.69) is 35.6 Å². The van der Waals surface area contributed by atoms with Gasteiger partial charge in [0.25, 0.3) is 0 Å². The van der Waals surface area contributed by atoms with Gasteiger partial charge in [0.2, 0.25) is 0 Å². The molecule has 0 bridgehead atoms. The van der Waals surface area contributed by atoms with Crippen LogP contribution in [0.1, 0.15) is 0 Å². The Bertz CT molecular complexity index is 980. The van der Waals surface area contributed by atoms with E-state index in [1.54, 1.807) is 0 Å². The Balaban J connectivity index is 1.85. The van der Waals surface area contributed by atoms with Crippen molar-refractivity contribution >= 4 is 33.9 Å². The van der Waals surface area contributed by atoms with Gasteiger partial charge < -0.3 is 5.32 Å². The number of nitrogens with zero attached hydrogens (tertiary/aromatic N) is 1. The predicted octanol–water partition coefficient (Wildman–Crippen LogP) is 6.30. The second-order valence-corrected chi connectivity index (χ2v) is 6.01. The molecular formula is C21H15ClN2. The monoisotopic (exact) mass is 330 g/mol. The SMILES string of the molecule is Clc1ccc(Nc2nc(-c3ccccc3)cc3ccccc23)cc1. The Morgan fingerprint density at radius 3 is 2.25 bits per heavy atom. The van der Waals surface area contributed by atoms with Crippen molar-refractivity contribution in [2.75, 3.05) is 5.32 Å². The summed E-state index contributed by atoms with van der Waals surface area (Å²) in [7, 11) is 0. The molecule has 4 rings (SSSR count). The molecule has 0 aliphatic carbocycles. The first-order valence-electron chi connectivity index (χ1n) is 7.77. The lowest BCUT2D eigenvalue weighted by molar-refractivity contribution is 1.33. The fourth-order valence-electron chi connectivity index (χ4n) is 2.72. The molecule has 0 atom stereocenters. The fourth-order valence-corrected chi connectivity index (χ4v) is 2.85. The second-order valence-electron chi connectivity index (χ2n) is 5.58. The number of halogens is 1. The van der Waals surface area contributed by atoms with E-state index in [4.69, 9.17) is 16.6 Å². The number of benzene rings is 3. The van der Waals surface area contributed by atoms with Crippen LogP contribution in [0, 0.1) is 0 Å². The van der Waals surface area contributed by atoms with Crippen molar-refractivity contribution in [3.63, 3.8) is 0 Å². The van der Waals surface area contributed by atoms with Crippen LogP contribution in [0.5, 0.6) is 0 Å². The standard InChI is InChI=1S/C21H15ClN2/c22-17-10-12-18(13-11-17)23-21-19-9-5-4-8-16(19)14-20(24-21)15-6-2-1-3-7-15/h1-14H,(H,23,24). The Morgan fingerprint density at radius 2 is 1.46 bits per heavy atom. The number of pyridine rings is 1. The minimum Gasteiger partial charge on any atom is -0.340 e. The molecule has 0 spiro atoms. The van der Waals surface area contributed by atoms with Crippen molar-refractivity contribution in [2.45, 2.75) is 0 Å². The third-order valence-electron chi connectivity index (χ3n) is 3.92. The number of nitrogens with one attached hydrogen (secondary N) is 1. The lowest BCUT2D eigenvalue weighted by Gasteiger charge is -2.12. The maximum Gasteiger partial charge on any atom is 0.138 e. The highest BCUT2D eigenvalue weighted by Crippen LogP contribution is 2.29. The van der Waals surface area contributed by atoms with E-state index in [1.807, 2.05) is 54.6 Å². The summed E-state index contributed by atoms with van der Waals surface area (Å²) in [6, 6.07) is 28.2. The topological polar surface area (TPSA) is 24.9 Å². The summed E-state index contributed by atoms with van der Waals surface area (Å²) in [6.45, 7) is 0. The van der Waals surface area contributed by atoms with E-state index in [0.29, 0.717) is 0 Å². The fraction of sp³-hybridized carbons (Fsp3) is 0. The Labute approximate surface area is 145 Å². The van der Waals surface area contributed by atoms with E-state index in [1.165, 1.54) is 0 Å². The highest BCUT2D eigenvalue weighted by atomic mass is 35.5. The summed E-state index contributed by atoms with van der Waals surface area (Å²) in [5, 5.41) is 6.38. The van der Waals surface area contributed by atoms with E-state index in [0.717, 1.165) is 38.6 Å². The first kappa shape index (κ1) is 14.7. The first-order chi connectivity index (χ1) is 11.8. The Kier molecular flexibility index (Phi) is 3.89. The molecule has 0 radical (unpaired) electrons. The maximum atomic E-state index is 5.97. The van der Waals surface area contributed by atoms with E-state index < -0.39 is 0 Å². The normalized spacial score (nSPS) is 10.7. The van der Waals surface area contributed by atoms with Gasteiger partial charge in [-0.05, 0) is 35.7 Å². The van der Waals surface area contributed by atoms with Crippen molar-refractivity contribution in [3.8, 4) is 11.3 Å². The molecule has 1 N–H and O–H groups in total. The van der Waals surface area contributed by atoms with Gasteiger partial charge in [-0.25, -0.2) is 4.98 Å². The largest absolute Gasteiger partial charge is 0.340 e. The third-order valence-corrected chi connectivity index (χ3v) is 4.17. The van der Waals surface area contributed by atoms with Gasteiger partial charge >= 0.3 is 0 Å². The van der Waals surface area contributed by atoms with Gasteiger partial charge in [0.1, 0.15) is 5.82 Å². The molecule has 0 saturated carbocycles. The molecule has 0 aliphatic rings. The summed E-state index contributed by atoms with van der Waals surface area (Å²) in [4.78, 5) is 4.84. The Morgan fingerprint density at radius 1 is 0.750 bits per heavy atom. The Hall–Kier alpha value is -2.84. The number of hydrogen-bond acceptors (Lipinski definition) is 2. The van der Waals surface area contributed by atoms with Crippen LogP contribution in [0.25, 0.3) is 22.0 Å². The minimum absolute atomic E-state index is 0.719. The van der Waals surface area contributed by atoms with Gasteiger partial charge in [0, 0.05) is 21.7 Å². The number of anilines is 2. The number of hydrogen-bond donors (Lipinski definition) is 1. The van der Waals surface area contributed by atoms with Crippen molar-refractivity contribution < 1.29 is 0 Å². The lowest BCUT2D eigenvalue weighted by Crippen LogP contribution is -1.96. The molecule has 1 aromatic heterocycles. The molecule has 2 nitrogen and oxygen atoms in total. The summed E-state index contributed by atoms with van der Waals surface area (Å²) < 4.78 is 0.